The highest BCUT2D eigenvalue weighted by atomic mass is 32.2. The lowest BCUT2D eigenvalue weighted by Gasteiger charge is -2.13. The summed E-state index contributed by atoms with van der Waals surface area (Å²) in [6, 6.07) is 0. The fraction of sp³-hybridized carbons (Fsp3) is 0.650. The molecule has 0 radical (unpaired) electrons. The standard InChI is InChI=1S/C15H23NO4S.C3H8.C2H6/c1-6-8-12(15(19)20-7-2)14(21-5)16-13(18)9-10(3)11(4)17;1-3-2;1-2/h6,8,10H,7,9H2,1-5H3,(H,16,18);3H2,1-2H3;1-2H3/b8-6+,14-12+;;. The summed E-state index contributed by atoms with van der Waals surface area (Å²) in [5.74, 6) is -1.17. The molecule has 152 valence electrons. The number of hydrogen-bond acceptors (Lipinski definition) is 5. The zero-order chi connectivity index (χ0) is 21.1. The minimum atomic E-state index is -0.486. The molecule has 0 bridgehead atoms. The molecule has 0 heterocycles. The van der Waals surface area contributed by atoms with E-state index < -0.39 is 5.97 Å². The van der Waals surface area contributed by atoms with E-state index in [0.29, 0.717) is 10.6 Å². The molecule has 0 aliphatic carbocycles. The molecule has 0 aliphatic heterocycles. The van der Waals surface area contributed by atoms with Crippen LogP contribution in [-0.2, 0) is 19.1 Å². The van der Waals surface area contributed by atoms with E-state index in [2.05, 4.69) is 19.2 Å². The smallest absolute Gasteiger partial charge is 0.340 e. The average Bonchev–Trinajstić information content (AvgIpc) is 2.60. The average molecular weight is 388 g/mol. The molecule has 0 fully saturated rings. The molecular formula is C20H37NO4S. The number of esters is 1. The maximum absolute atomic E-state index is 11.9. The predicted octanol–water partition coefficient (Wildman–Crippen LogP) is 4.87. The van der Waals surface area contributed by atoms with Crippen molar-refractivity contribution in [3.05, 3.63) is 22.8 Å². The topological polar surface area (TPSA) is 72.5 Å². The Balaban J connectivity index is -0.000000950. The van der Waals surface area contributed by atoms with Crippen LogP contribution in [-0.4, -0.2) is 30.5 Å². The molecule has 0 aromatic rings. The number of ketones is 1. The summed E-state index contributed by atoms with van der Waals surface area (Å²) in [6.45, 7) is 15.2. The second-order valence-corrected chi connectivity index (χ2v) is 5.95. The second-order valence-electron chi connectivity index (χ2n) is 5.14. The number of ether oxygens (including phenoxy) is 1. The lowest BCUT2D eigenvalue weighted by atomic mass is 10.0. The van der Waals surface area contributed by atoms with Gasteiger partial charge in [0.05, 0.1) is 17.2 Å². The van der Waals surface area contributed by atoms with E-state index >= 15 is 0 Å². The highest BCUT2D eigenvalue weighted by molar-refractivity contribution is 8.02. The highest BCUT2D eigenvalue weighted by Gasteiger charge is 2.18. The van der Waals surface area contributed by atoms with Crippen LogP contribution in [0.2, 0.25) is 0 Å². The molecular weight excluding hydrogens is 350 g/mol. The first kappa shape index (κ1) is 29.2. The number of rotatable bonds is 8. The van der Waals surface area contributed by atoms with Gasteiger partial charge in [-0.3, -0.25) is 9.59 Å². The molecule has 1 unspecified atom stereocenters. The van der Waals surface area contributed by atoms with Gasteiger partial charge in [0, 0.05) is 12.3 Å². The maximum Gasteiger partial charge on any atom is 0.340 e. The Hall–Kier alpha value is -1.56. The number of amides is 1. The molecule has 26 heavy (non-hydrogen) atoms. The van der Waals surface area contributed by atoms with Crippen molar-refractivity contribution in [1.29, 1.82) is 0 Å². The van der Waals surface area contributed by atoms with Crippen LogP contribution in [0, 0.1) is 5.92 Å². The number of Topliss-reactive ketones (excluding diaryl/α,β-unsaturated/α-hetero) is 1. The molecule has 0 aromatic heterocycles. The summed E-state index contributed by atoms with van der Waals surface area (Å²) >= 11 is 1.25. The summed E-state index contributed by atoms with van der Waals surface area (Å²) in [7, 11) is 0. The van der Waals surface area contributed by atoms with E-state index in [1.165, 1.54) is 25.1 Å². The summed E-state index contributed by atoms with van der Waals surface area (Å²) in [5, 5.41) is 3.10. The summed E-state index contributed by atoms with van der Waals surface area (Å²) < 4.78 is 4.97. The first-order chi connectivity index (χ1) is 12.3. The van der Waals surface area contributed by atoms with Crippen LogP contribution >= 0.6 is 11.8 Å². The predicted molar refractivity (Wildman–Crippen MR) is 112 cm³/mol. The van der Waals surface area contributed by atoms with Crippen molar-refractivity contribution in [1.82, 2.24) is 5.32 Å². The third-order valence-corrected chi connectivity index (χ3v) is 3.45. The number of hydrogen-bond donors (Lipinski definition) is 1. The van der Waals surface area contributed by atoms with Crippen LogP contribution in [0.3, 0.4) is 0 Å². The Bertz CT molecular complexity index is 470. The minimum absolute atomic E-state index is 0.0427. The molecule has 0 aliphatic rings. The number of thioether (sulfide) groups is 1. The lowest BCUT2D eigenvalue weighted by molar-refractivity contribution is -0.138. The molecule has 1 amide bonds. The third kappa shape index (κ3) is 14.8. The van der Waals surface area contributed by atoms with Crippen LogP contribution in [0.15, 0.2) is 22.8 Å². The molecule has 1 atom stereocenters. The Morgan fingerprint density at radius 3 is 2.00 bits per heavy atom. The third-order valence-electron chi connectivity index (χ3n) is 2.72. The van der Waals surface area contributed by atoms with Crippen LogP contribution < -0.4 is 5.32 Å². The molecule has 0 aromatic carbocycles. The number of carbonyl (C=O) groups is 3. The normalized spacial score (nSPS) is 11.9. The van der Waals surface area contributed by atoms with Crippen LogP contribution in [0.25, 0.3) is 0 Å². The minimum Gasteiger partial charge on any atom is -0.462 e. The number of allylic oxidation sites excluding steroid dienone is 1. The van der Waals surface area contributed by atoms with E-state index in [1.807, 2.05) is 13.8 Å². The molecule has 0 saturated carbocycles. The van der Waals surface area contributed by atoms with Gasteiger partial charge >= 0.3 is 5.97 Å². The van der Waals surface area contributed by atoms with Gasteiger partial charge in [-0.25, -0.2) is 4.79 Å². The van der Waals surface area contributed by atoms with E-state index in [0.717, 1.165) is 0 Å². The highest BCUT2D eigenvalue weighted by Crippen LogP contribution is 2.17. The van der Waals surface area contributed by atoms with Crippen molar-refractivity contribution in [2.45, 2.75) is 68.2 Å². The van der Waals surface area contributed by atoms with Crippen molar-refractivity contribution >= 4 is 29.4 Å². The first-order valence-electron chi connectivity index (χ1n) is 9.17. The Labute approximate surface area is 164 Å². The largest absolute Gasteiger partial charge is 0.462 e. The fourth-order valence-electron chi connectivity index (χ4n) is 1.44. The van der Waals surface area contributed by atoms with Gasteiger partial charge in [0.15, 0.2) is 0 Å². The summed E-state index contributed by atoms with van der Waals surface area (Å²) in [6.07, 6.45) is 6.39. The summed E-state index contributed by atoms with van der Waals surface area (Å²) in [5.41, 5.74) is 0.302. The van der Waals surface area contributed by atoms with Gasteiger partial charge in [0.25, 0.3) is 0 Å². The van der Waals surface area contributed by atoms with Crippen molar-refractivity contribution in [3.8, 4) is 0 Å². The van der Waals surface area contributed by atoms with Crippen molar-refractivity contribution in [3.63, 3.8) is 0 Å². The monoisotopic (exact) mass is 387 g/mol. The lowest BCUT2D eigenvalue weighted by Crippen LogP contribution is -2.27. The van der Waals surface area contributed by atoms with Gasteiger partial charge in [0.2, 0.25) is 5.91 Å². The Morgan fingerprint density at radius 1 is 1.15 bits per heavy atom. The van der Waals surface area contributed by atoms with Crippen molar-refractivity contribution < 1.29 is 19.1 Å². The van der Waals surface area contributed by atoms with Gasteiger partial charge in [-0.05, 0) is 33.1 Å². The first-order valence-corrected chi connectivity index (χ1v) is 10.4. The molecule has 1 N–H and O–H groups in total. The quantitative estimate of drug-likeness (QED) is 0.365. The van der Waals surface area contributed by atoms with E-state index in [-0.39, 0.29) is 30.6 Å². The van der Waals surface area contributed by atoms with E-state index in [9.17, 15) is 14.4 Å². The summed E-state index contributed by atoms with van der Waals surface area (Å²) in [4.78, 5) is 35.0. The van der Waals surface area contributed by atoms with Gasteiger partial charge in [-0.2, -0.15) is 0 Å². The van der Waals surface area contributed by atoms with Gasteiger partial charge in [0.1, 0.15) is 5.78 Å². The molecule has 0 rings (SSSR count). The van der Waals surface area contributed by atoms with Crippen molar-refractivity contribution in [2.75, 3.05) is 12.9 Å². The molecule has 0 spiro atoms. The molecule has 0 saturated heterocycles. The molecule has 5 nitrogen and oxygen atoms in total. The van der Waals surface area contributed by atoms with Crippen LogP contribution in [0.1, 0.15) is 68.2 Å². The number of carbonyl (C=O) groups excluding carboxylic acids is 3. The Kier molecular flexibility index (Phi) is 22.2. The van der Waals surface area contributed by atoms with Gasteiger partial charge in [-0.1, -0.05) is 47.1 Å². The van der Waals surface area contributed by atoms with Gasteiger partial charge in [-0.15, -0.1) is 11.8 Å². The van der Waals surface area contributed by atoms with Crippen LogP contribution in [0.5, 0.6) is 0 Å². The molecule has 6 heteroatoms. The van der Waals surface area contributed by atoms with Crippen molar-refractivity contribution in [2.24, 2.45) is 5.92 Å². The SMILES string of the molecule is C/C=C/C(C(=O)OCC)=C(/NC(=O)CC(C)C(C)=O)SC.CC.CCC. The van der Waals surface area contributed by atoms with Crippen LogP contribution in [0.4, 0.5) is 0 Å². The second kappa shape index (κ2) is 19.8. The van der Waals surface area contributed by atoms with E-state index in [1.54, 1.807) is 39.2 Å². The number of nitrogens with one attached hydrogen (secondary N) is 1. The fourth-order valence-corrected chi connectivity index (χ4v) is 2.03. The zero-order valence-electron chi connectivity index (χ0n) is 17.9. The Morgan fingerprint density at radius 2 is 1.65 bits per heavy atom. The van der Waals surface area contributed by atoms with E-state index in [4.69, 9.17) is 4.74 Å². The van der Waals surface area contributed by atoms with Gasteiger partial charge < -0.3 is 10.1 Å². The maximum atomic E-state index is 11.9. The zero-order valence-corrected chi connectivity index (χ0v) is 18.7.